The quantitative estimate of drug-likeness (QED) is 0.759. The Morgan fingerprint density at radius 3 is 2.39 bits per heavy atom. The summed E-state index contributed by atoms with van der Waals surface area (Å²) in [5.74, 6) is 1.09. The maximum absolute atomic E-state index is 13.1. The van der Waals surface area contributed by atoms with E-state index in [2.05, 4.69) is 4.90 Å². The van der Waals surface area contributed by atoms with E-state index >= 15 is 0 Å². The molecule has 0 aromatic heterocycles. The average Bonchev–Trinajstić information content (AvgIpc) is 2.95. The van der Waals surface area contributed by atoms with Crippen LogP contribution in [0, 0.1) is 6.92 Å². The Bertz CT molecular complexity index is 972. The number of ether oxygens (including phenoxy) is 2. The van der Waals surface area contributed by atoms with E-state index in [9.17, 15) is 8.42 Å². The van der Waals surface area contributed by atoms with Crippen LogP contribution in [0.3, 0.4) is 0 Å². The van der Waals surface area contributed by atoms with Crippen molar-refractivity contribution >= 4 is 27.3 Å². The highest BCUT2D eigenvalue weighted by Gasteiger charge is 2.30. The van der Waals surface area contributed by atoms with Crippen LogP contribution in [-0.2, 0) is 10.0 Å². The lowest BCUT2D eigenvalue weighted by atomic mass is 10.1. The lowest BCUT2D eigenvalue weighted by molar-refractivity contribution is 0.296. The summed E-state index contributed by atoms with van der Waals surface area (Å²) in [5.41, 5.74) is 2.18. The molecule has 0 bridgehead atoms. The Kier molecular flexibility index (Phi) is 5.40. The molecule has 4 rings (SSSR count). The van der Waals surface area contributed by atoms with E-state index in [1.807, 2.05) is 25.1 Å². The van der Waals surface area contributed by atoms with Gasteiger partial charge in [0.15, 0.2) is 11.5 Å². The van der Waals surface area contributed by atoms with E-state index in [1.165, 1.54) is 4.31 Å². The lowest BCUT2D eigenvalue weighted by Gasteiger charge is -2.36. The van der Waals surface area contributed by atoms with Gasteiger partial charge in [-0.1, -0.05) is 17.7 Å². The van der Waals surface area contributed by atoms with Gasteiger partial charge in [-0.2, -0.15) is 4.31 Å². The van der Waals surface area contributed by atoms with Gasteiger partial charge < -0.3 is 14.4 Å². The second kappa shape index (κ2) is 7.81. The molecule has 2 heterocycles. The molecule has 0 N–H and O–H groups in total. The Hall–Kier alpha value is -1.96. The van der Waals surface area contributed by atoms with Gasteiger partial charge in [-0.05, 0) is 36.8 Å². The van der Waals surface area contributed by atoms with E-state index < -0.39 is 10.0 Å². The zero-order valence-electron chi connectivity index (χ0n) is 15.7. The Balaban J connectivity index is 1.51. The first-order chi connectivity index (χ1) is 13.4. The summed E-state index contributed by atoms with van der Waals surface area (Å²) in [6.07, 6.45) is 0.779. The third-order valence-electron chi connectivity index (χ3n) is 5.11. The lowest BCUT2D eigenvalue weighted by Crippen LogP contribution is -2.48. The molecule has 0 radical (unpaired) electrons. The third kappa shape index (κ3) is 3.79. The highest BCUT2D eigenvalue weighted by Crippen LogP contribution is 2.33. The van der Waals surface area contributed by atoms with Crippen LogP contribution in [0.2, 0.25) is 5.02 Å². The molecule has 0 unspecified atom stereocenters. The number of anilines is 1. The molecule has 2 aromatic rings. The number of nitrogens with zero attached hydrogens (tertiary/aromatic N) is 2. The molecular formula is C20H23ClN2O4S. The average molecular weight is 423 g/mol. The summed E-state index contributed by atoms with van der Waals surface area (Å²) >= 11 is 6.13. The highest BCUT2D eigenvalue weighted by molar-refractivity contribution is 7.89. The van der Waals surface area contributed by atoms with Gasteiger partial charge in [-0.3, -0.25) is 0 Å². The number of aryl methyl sites for hydroxylation is 1. The number of halogens is 1. The van der Waals surface area contributed by atoms with Crippen molar-refractivity contribution in [2.75, 3.05) is 44.3 Å². The van der Waals surface area contributed by atoms with Gasteiger partial charge in [0.2, 0.25) is 10.0 Å². The Labute approximate surface area is 170 Å². The monoisotopic (exact) mass is 422 g/mol. The number of piperazine rings is 1. The molecule has 8 heteroatoms. The number of benzene rings is 2. The number of hydrogen-bond acceptors (Lipinski definition) is 5. The van der Waals surface area contributed by atoms with Crippen molar-refractivity contribution in [1.82, 2.24) is 4.31 Å². The Morgan fingerprint density at radius 1 is 0.929 bits per heavy atom. The van der Waals surface area contributed by atoms with Crippen LogP contribution < -0.4 is 14.4 Å². The standard InChI is InChI=1S/C20H23ClN2O4S/c1-15-3-4-16(21)13-18(15)22-7-9-23(10-8-22)28(24,25)17-5-6-19-20(14-17)27-12-2-11-26-19/h3-6,13-14H,2,7-12H2,1H3. The second-order valence-corrected chi connectivity index (χ2v) is 9.36. The first-order valence-corrected chi connectivity index (χ1v) is 11.2. The number of sulfonamides is 1. The molecule has 0 spiro atoms. The number of hydrogen-bond donors (Lipinski definition) is 0. The summed E-state index contributed by atoms with van der Waals surface area (Å²) in [7, 11) is -3.59. The predicted molar refractivity (Wildman–Crippen MR) is 109 cm³/mol. The Morgan fingerprint density at radius 2 is 1.64 bits per heavy atom. The molecule has 0 saturated carbocycles. The van der Waals surface area contributed by atoms with Gasteiger partial charge in [-0.25, -0.2) is 8.42 Å². The molecule has 2 aliphatic rings. The molecule has 0 atom stereocenters. The minimum atomic E-state index is -3.59. The van der Waals surface area contributed by atoms with E-state index in [4.69, 9.17) is 21.1 Å². The zero-order valence-corrected chi connectivity index (χ0v) is 17.3. The maximum atomic E-state index is 13.1. The zero-order chi connectivity index (χ0) is 19.7. The van der Waals surface area contributed by atoms with E-state index in [0.717, 1.165) is 17.7 Å². The fourth-order valence-electron chi connectivity index (χ4n) is 3.55. The first-order valence-electron chi connectivity index (χ1n) is 9.36. The van der Waals surface area contributed by atoms with Crippen LogP contribution in [0.1, 0.15) is 12.0 Å². The van der Waals surface area contributed by atoms with Crippen molar-refractivity contribution in [3.8, 4) is 11.5 Å². The molecule has 2 aromatic carbocycles. The molecule has 0 aliphatic carbocycles. The van der Waals surface area contributed by atoms with Crippen molar-refractivity contribution in [2.24, 2.45) is 0 Å². The van der Waals surface area contributed by atoms with Gasteiger partial charge in [0.05, 0.1) is 18.1 Å². The smallest absolute Gasteiger partial charge is 0.243 e. The summed E-state index contributed by atoms with van der Waals surface area (Å²) < 4.78 is 39.0. The van der Waals surface area contributed by atoms with E-state index in [0.29, 0.717) is 55.9 Å². The second-order valence-electron chi connectivity index (χ2n) is 6.98. The fraction of sp³-hybridized carbons (Fsp3) is 0.400. The molecular weight excluding hydrogens is 400 g/mol. The molecule has 1 saturated heterocycles. The van der Waals surface area contributed by atoms with Crippen molar-refractivity contribution in [2.45, 2.75) is 18.2 Å². The molecule has 1 fully saturated rings. The third-order valence-corrected chi connectivity index (χ3v) is 7.24. The van der Waals surface area contributed by atoms with Gasteiger partial charge in [0, 0.05) is 49.4 Å². The number of fused-ring (bicyclic) bond motifs is 1. The largest absolute Gasteiger partial charge is 0.490 e. The van der Waals surface area contributed by atoms with Gasteiger partial charge >= 0.3 is 0 Å². The van der Waals surface area contributed by atoms with Gasteiger partial charge in [-0.15, -0.1) is 0 Å². The van der Waals surface area contributed by atoms with Crippen molar-refractivity contribution in [1.29, 1.82) is 0 Å². The predicted octanol–water partition coefficient (Wildman–Crippen LogP) is 3.32. The van der Waals surface area contributed by atoms with Crippen LogP contribution in [0.15, 0.2) is 41.3 Å². The molecule has 28 heavy (non-hydrogen) atoms. The minimum absolute atomic E-state index is 0.240. The SMILES string of the molecule is Cc1ccc(Cl)cc1N1CCN(S(=O)(=O)c2ccc3c(c2)OCCCO3)CC1. The fourth-order valence-corrected chi connectivity index (χ4v) is 5.15. The van der Waals surface area contributed by atoms with Crippen LogP contribution in [0.25, 0.3) is 0 Å². The first kappa shape index (κ1) is 19.4. The minimum Gasteiger partial charge on any atom is -0.490 e. The van der Waals surface area contributed by atoms with Crippen molar-refractivity contribution < 1.29 is 17.9 Å². The highest BCUT2D eigenvalue weighted by atomic mass is 35.5. The van der Waals surface area contributed by atoms with Crippen molar-refractivity contribution in [3.05, 3.63) is 47.0 Å². The summed E-state index contributed by atoms with van der Waals surface area (Å²) in [4.78, 5) is 2.42. The summed E-state index contributed by atoms with van der Waals surface area (Å²) in [6.45, 7) is 5.20. The molecule has 150 valence electrons. The van der Waals surface area contributed by atoms with Gasteiger partial charge in [0.25, 0.3) is 0 Å². The molecule has 2 aliphatic heterocycles. The van der Waals surface area contributed by atoms with Crippen molar-refractivity contribution in [3.63, 3.8) is 0 Å². The molecule has 0 amide bonds. The normalized spacial score (nSPS) is 18.0. The van der Waals surface area contributed by atoms with Crippen LogP contribution >= 0.6 is 11.6 Å². The summed E-state index contributed by atoms with van der Waals surface area (Å²) in [5, 5.41) is 0.683. The maximum Gasteiger partial charge on any atom is 0.243 e. The van der Waals surface area contributed by atoms with Gasteiger partial charge in [0.1, 0.15) is 0 Å². The molecule has 6 nitrogen and oxygen atoms in total. The van der Waals surface area contributed by atoms with Crippen LogP contribution in [-0.4, -0.2) is 52.1 Å². The number of rotatable bonds is 3. The topological polar surface area (TPSA) is 59.1 Å². The van der Waals surface area contributed by atoms with E-state index in [-0.39, 0.29) is 4.90 Å². The van der Waals surface area contributed by atoms with Crippen LogP contribution in [0.5, 0.6) is 11.5 Å². The van der Waals surface area contributed by atoms with E-state index in [1.54, 1.807) is 18.2 Å². The summed E-state index contributed by atoms with van der Waals surface area (Å²) in [6, 6.07) is 10.6. The van der Waals surface area contributed by atoms with Crippen LogP contribution in [0.4, 0.5) is 5.69 Å².